The summed E-state index contributed by atoms with van der Waals surface area (Å²) < 4.78 is 0. The molecule has 0 atom stereocenters. The molecule has 1 aliphatic rings. The van der Waals surface area contributed by atoms with Gasteiger partial charge in [-0.05, 0) is 37.3 Å². The number of aromatic nitrogens is 1. The number of carbonyl (C=O) groups is 1. The summed E-state index contributed by atoms with van der Waals surface area (Å²) in [6, 6.07) is 4.19. The van der Waals surface area contributed by atoms with E-state index in [2.05, 4.69) is 16.4 Å². The van der Waals surface area contributed by atoms with Crippen LogP contribution in [0.3, 0.4) is 0 Å². The summed E-state index contributed by atoms with van der Waals surface area (Å²) in [7, 11) is 0. The first-order chi connectivity index (χ1) is 10.2. The molecule has 0 saturated carbocycles. The second kappa shape index (κ2) is 7.10. The van der Waals surface area contributed by atoms with Gasteiger partial charge in [0.15, 0.2) is 0 Å². The summed E-state index contributed by atoms with van der Waals surface area (Å²) in [4.78, 5) is 16.2. The van der Waals surface area contributed by atoms with Crippen molar-refractivity contribution in [2.75, 3.05) is 12.3 Å². The molecule has 2 rings (SSSR count). The zero-order valence-corrected chi connectivity index (χ0v) is 12.7. The molecule has 6 heteroatoms. The molecule has 1 amide bonds. The third-order valence-corrected chi connectivity index (χ3v) is 4.45. The molecule has 1 aromatic rings. The lowest BCUT2D eigenvalue weighted by Crippen LogP contribution is -2.26. The molecule has 5 nitrogen and oxygen atoms in total. The van der Waals surface area contributed by atoms with E-state index in [1.807, 2.05) is 13.0 Å². The van der Waals surface area contributed by atoms with Crippen molar-refractivity contribution < 1.29 is 4.79 Å². The van der Waals surface area contributed by atoms with E-state index in [9.17, 15) is 10.1 Å². The maximum absolute atomic E-state index is 11.7. The standard InChI is InChI=1S/C15H16N4OS/c1-10-11-4-2-5-13(11)19-15(12(10)8-17)21-9-14(20)18-7-3-6-16/h2-5,7,9H2,1H3,(H,18,20). The molecule has 21 heavy (non-hydrogen) atoms. The predicted molar refractivity (Wildman–Crippen MR) is 79.7 cm³/mol. The van der Waals surface area contributed by atoms with Gasteiger partial charge in [-0.15, -0.1) is 0 Å². The van der Waals surface area contributed by atoms with Gasteiger partial charge in [-0.25, -0.2) is 4.98 Å². The number of amides is 1. The number of hydrogen-bond acceptors (Lipinski definition) is 5. The normalized spacial score (nSPS) is 12.3. The predicted octanol–water partition coefficient (Wildman–Crippen LogP) is 1.87. The fourth-order valence-corrected chi connectivity index (χ4v) is 3.31. The van der Waals surface area contributed by atoms with Gasteiger partial charge in [0.1, 0.15) is 11.1 Å². The Morgan fingerprint density at radius 1 is 1.43 bits per heavy atom. The average Bonchev–Trinajstić information content (AvgIpc) is 2.94. The van der Waals surface area contributed by atoms with Crippen LogP contribution in [-0.4, -0.2) is 23.2 Å². The van der Waals surface area contributed by atoms with Crippen molar-refractivity contribution >= 4 is 17.7 Å². The average molecular weight is 300 g/mol. The van der Waals surface area contributed by atoms with Crippen LogP contribution in [0.25, 0.3) is 0 Å². The fourth-order valence-electron chi connectivity index (χ4n) is 2.42. The molecule has 0 bridgehead atoms. The van der Waals surface area contributed by atoms with Gasteiger partial charge in [-0.1, -0.05) is 11.8 Å². The Hall–Kier alpha value is -2.05. The molecule has 1 N–H and O–H groups in total. The molecule has 108 valence electrons. The van der Waals surface area contributed by atoms with Crippen LogP contribution >= 0.6 is 11.8 Å². The third-order valence-electron chi connectivity index (χ3n) is 3.48. The number of fused-ring (bicyclic) bond motifs is 1. The van der Waals surface area contributed by atoms with Crippen molar-refractivity contribution in [3.63, 3.8) is 0 Å². The lowest BCUT2D eigenvalue weighted by molar-refractivity contribution is -0.118. The number of rotatable bonds is 5. The summed E-state index contributed by atoms with van der Waals surface area (Å²) in [6.07, 6.45) is 3.32. The summed E-state index contributed by atoms with van der Waals surface area (Å²) >= 11 is 1.29. The van der Waals surface area contributed by atoms with Gasteiger partial charge >= 0.3 is 0 Å². The summed E-state index contributed by atoms with van der Waals surface area (Å²) in [5.74, 6) is 0.0739. The Morgan fingerprint density at radius 3 is 2.95 bits per heavy atom. The molecule has 0 aromatic carbocycles. The topological polar surface area (TPSA) is 89.6 Å². The van der Waals surface area contributed by atoms with E-state index in [-0.39, 0.29) is 11.7 Å². The summed E-state index contributed by atoms with van der Waals surface area (Å²) in [5, 5.41) is 21.1. The number of nitriles is 2. The molecule has 0 unspecified atom stereocenters. The zero-order valence-electron chi connectivity index (χ0n) is 11.9. The highest BCUT2D eigenvalue weighted by atomic mass is 32.2. The van der Waals surface area contributed by atoms with Gasteiger partial charge in [0, 0.05) is 12.2 Å². The summed E-state index contributed by atoms with van der Waals surface area (Å²) in [5.41, 5.74) is 3.87. The van der Waals surface area contributed by atoms with Crippen LogP contribution in [0.2, 0.25) is 0 Å². The molecular formula is C15H16N4OS. The van der Waals surface area contributed by atoms with E-state index in [0.29, 0.717) is 23.6 Å². The maximum Gasteiger partial charge on any atom is 0.230 e. The molecule has 1 aromatic heterocycles. The molecule has 0 saturated heterocycles. The first kappa shape index (κ1) is 15.3. The van der Waals surface area contributed by atoms with Crippen LogP contribution in [0.5, 0.6) is 0 Å². The molecule has 0 radical (unpaired) electrons. The van der Waals surface area contributed by atoms with E-state index in [0.717, 1.165) is 30.5 Å². The molecular weight excluding hydrogens is 284 g/mol. The first-order valence-corrected chi connectivity index (χ1v) is 7.84. The number of nitrogens with one attached hydrogen (secondary N) is 1. The Bertz CT molecular complexity index is 643. The highest BCUT2D eigenvalue weighted by molar-refractivity contribution is 8.00. The Kier molecular flexibility index (Phi) is 5.19. The van der Waals surface area contributed by atoms with Crippen LogP contribution in [0.1, 0.15) is 35.2 Å². The highest BCUT2D eigenvalue weighted by Crippen LogP contribution is 2.31. The zero-order chi connectivity index (χ0) is 15.2. The minimum absolute atomic E-state index is 0.140. The van der Waals surface area contributed by atoms with Gasteiger partial charge in [0.05, 0.1) is 23.8 Å². The first-order valence-electron chi connectivity index (χ1n) is 6.86. The van der Waals surface area contributed by atoms with Gasteiger partial charge in [0.25, 0.3) is 0 Å². The monoisotopic (exact) mass is 300 g/mol. The van der Waals surface area contributed by atoms with Gasteiger partial charge in [-0.2, -0.15) is 10.5 Å². The smallest absolute Gasteiger partial charge is 0.230 e. The van der Waals surface area contributed by atoms with Crippen LogP contribution in [-0.2, 0) is 17.6 Å². The lowest BCUT2D eigenvalue weighted by Gasteiger charge is -2.10. The Labute approximate surface area is 128 Å². The van der Waals surface area contributed by atoms with Crippen molar-refractivity contribution in [2.45, 2.75) is 37.6 Å². The number of aryl methyl sites for hydroxylation is 1. The second-order valence-corrected chi connectivity index (χ2v) is 5.82. The number of pyridine rings is 1. The molecule has 0 spiro atoms. The quantitative estimate of drug-likeness (QED) is 0.662. The molecule has 0 aliphatic heterocycles. The third kappa shape index (κ3) is 3.53. The Balaban J connectivity index is 2.07. The van der Waals surface area contributed by atoms with Crippen molar-refractivity contribution in [1.29, 1.82) is 10.5 Å². The lowest BCUT2D eigenvalue weighted by atomic mass is 10.0. The minimum Gasteiger partial charge on any atom is -0.354 e. The van der Waals surface area contributed by atoms with Crippen LogP contribution in [0.15, 0.2) is 5.03 Å². The molecule has 1 aliphatic carbocycles. The largest absolute Gasteiger partial charge is 0.354 e. The minimum atomic E-state index is -0.140. The summed E-state index contributed by atoms with van der Waals surface area (Å²) in [6.45, 7) is 2.32. The number of hydrogen-bond donors (Lipinski definition) is 1. The number of carbonyl (C=O) groups excluding carboxylic acids is 1. The SMILES string of the molecule is Cc1c(C#N)c(SCC(=O)NCCC#N)nc2c1CCC2. The molecule has 1 heterocycles. The van der Waals surface area contributed by atoms with Gasteiger partial charge in [0.2, 0.25) is 5.91 Å². The maximum atomic E-state index is 11.7. The van der Waals surface area contributed by atoms with E-state index < -0.39 is 0 Å². The van der Waals surface area contributed by atoms with Gasteiger partial charge in [-0.3, -0.25) is 4.79 Å². The highest BCUT2D eigenvalue weighted by Gasteiger charge is 2.21. The van der Waals surface area contributed by atoms with Crippen molar-refractivity contribution in [2.24, 2.45) is 0 Å². The number of nitrogens with zero attached hydrogens (tertiary/aromatic N) is 3. The van der Waals surface area contributed by atoms with Crippen LogP contribution < -0.4 is 5.32 Å². The second-order valence-electron chi connectivity index (χ2n) is 4.85. The van der Waals surface area contributed by atoms with E-state index in [1.165, 1.54) is 17.3 Å². The van der Waals surface area contributed by atoms with E-state index in [1.54, 1.807) is 0 Å². The van der Waals surface area contributed by atoms with Crippen LogP contribution in [0.4, 0.5) is 0 Å². The van der Waals surface area contributed by atoms with Crippen molar-refractivity contribution in [3.8, 4) is 12.1 Å². The van der Waals surface area contributed by atoms with Gasteiger partial charge < -0.3 is 5.32 Å². The Morgan fingerprint density at radius 2 is 2.24 bits per heavy atom. The van der Waals surface area contributed by atoms with Crippen LogP contribution in [0, 0.1) is 29.6 Å². The van der Waals surface area contributed by atoms with Crippen molar-refractivity contribution in [1.82, 2.24) is 10.3 Å². The number of thioether (sulfide) groups is 1. The van der Waals surface area contributed by atoms with E-state index in [4.69, 9.17) is 5.26 Å². The fraction of sp³-hybridized carbons (Fsp3) is 0.467. The van der Waals surface area contributed by atoms with Crippen molar-refractivity contribution in [3.05, 3.63) is 22.4 Å². The molecule has 0 fully saturated rings. The van der Waals surface area contributed by atoms with E-state index >= 15 is 0 Å².